The van der Waals surface area contributed by atoms with Crippen LogP contribution >= 0.6 is 0 Å². The smallest absolute Gasteiger partial charge is 0.258 e. The first kappa shape index (κ1) is 15.4. The molecule has 0 amide bonds. The molecule has 2 aromatic rings. The highest BCUT2D eigenvalue weighted by Gasteiger charge is 2.42. The maximum atomic E-state index is 10.8. The average molecular weight is 309 g/mol. The maximum Gasteiger partial charge on any atom is 0.269 e. The maximum absolute atomic E-state index is 10.8. The van der Waals surface area contributed by atoms with Crippen molar-refractivity contribution in [2.75, 3.05) is 0 Å². The zero-order chi connectivity index (χ0) is 16.8. The average Bonchev–Trinajstić information content (AvgIpc) is 2.69. The predicted molar refractivity (Wildman–Crippen MR) is 91.6 cm³/mol. The molecule has 0 aromatic heterocycles. The molecule has 0 fully saturated rings. The number of nitro groups is 1. The van der Waals surface area contributed by atoms with Crippen molar-refractivity contribution in [2.45, 2.75) is 39.7 Å². The van der Waals surface area contributed by atoms with Crippen LogP contribution in [0.4, 0.5) is 11.4 Å². The summed E-state index contributed by atoms with van der Waals surface area (Å²) in [6, 6.07) is 13.4. The number of fused-ring (bicyclic) bond motifs is 1. The van der Waals surface area contributed by atoms with E-state index in [0.717, 1.165) is 12.1 Å². The first-order valence-electron chi connectivity index (χ1n) is 7.77. The minimum Gasteiger partial charge on any atom is -0.258 e. The molecule has 23 heavy (non-hydrogen) atoms. The van der Waals surface area contributed by atoms with E-state index in [1.165, 1.54) is 22.5 Å². The van der Waals surface area contributed by atoms with Crippen molar-refractivity contribution in [1.29, 1.82) is 0 Å². The summed E-state index contributed by atoms with van der Waals surface area (Å²) in [5.74, 6) is 0. The fraction of sp³-hybridized carbons (Fsp3) is 0.316. The topological polar surface area (TPSA) is 46.1 Å². The standard InChI is InChI=1S/C19H21N2O2/c1-13-5-10-18-17(11-13)19(3,4)14(2)20(18)12-15-6-8-16(9-7-15)21(22)23/h5-11H,12H2,1-4H3/q+1. The Balaban J connectivity index is 2.00. The molecule has 0 atom stereocenters. The van der Waals surface area contributed by atoms with E-state index in [1.807, 2.05) is 12.1 Å². The number of nitrogens with zero attached hydrogens (tertiary/aromatic N) is 2. The number of nitro benzene ring substituents is 1. The second-order valence-electron chi connectivity index (χ2n) is 6.74. The molecule has 0 aliphatic carbocycles. The van der Waals surface area contributed by atoms with Gasteiger partial charge in [0.15, 0.2) is 12.3 Å². The van der Waals surface area contributed by atoms with E-state index < -0.39 is 0 Å². The van der Waals surface area contributed by atoms with Crippen LogP contribution in [-0.2, 0) is 12.0 Å². The van der Waals surface area contributed by atoms with Gasteiger partial charge in [0.25, 0.3) is 5.69 Å². The van der Waals surface area contributed by atoms with E-state index in [9.17, 15) is 10.1 Å². The third-order valence-electron chi connectivity index (χ3n) is 4.91. The van der Waals surface area contributed by atoms with Crippen molar-refractivity contribution >= 4 is 17.1 Å². The van der Waals surface area contributed by atoms with Gasteiger partial charge in [-0.2, -0.15) is 4.58 Å². The molecule has 0 saturated carbocycles. The number of non-ortho nitro benzene ring substituents is 1. The third-order valence-corrected chi connectivity index (χ3v) is 4.91. The van der Waals surface area contributed by atoms with Crippen molar-refractivity contribution in [1.82, 2.24) is 0 Å². The quantitative estimate of drug-likeness (QED) is 0.476. The fourth-order valence-electron chi connectivity index (χ4n) is 3.21. The molecular weight excluding hydrogens is 288 g/mol. The molecular formula is C19H21N2O2+. The van der Waals surface area contributed by atoms with Crippen LogP contribution in [0.2, 0.25) is 0 Å². The van der Waals surface area contributed by atoms with Gasteiger partial charge in [0.1, 0.15) is 0 Å². The summed E-state index contributed by atoms with van der Waals surface area (Å²) in [6.07, 6.45) is 0. The van der Waals surface area contributed by atoms with Crippen LogP contribution in [0.5, 0.6) is 0 Å². The van der Waals surface area contributed by atoms with Crippen molar-refractivity contribution in [3.8, 4) is 0 Å². The fourth-order valence-corrected chi connectivity index (χ4v) is 3.21. The van der Waals surface area contributed by atoms with Crippen LogP contribution in [0.25, 0.3) is 0 Å². The van der Waals surface area contributed by atoms with Crippen LogP contribution in [0.3, 0.4) is 0 Å². The summed E-state index contributed by atoms with van der Waals surface area (Å²) in [4.78, 5) is 10.4. The number of hydrogen-bond donors (Lipinski definition) is 0. The lowest BCUT2D eigenvalue weighted by Gasteiger charge is -2.15. The van der Waals surface area contributed by atoms with E-state index in [0.29, 0.717) is 0 Å². The lowest BCUT2D eigenvalue weighted by molar-refractivity contribution is -0.456. The summed E-state index contributed by atoms with van der Waals surface area (Å²) in [5.41, 5.74) is 6.35. The molecule has 1 aliphatic rings. The Morgan fingerprint density at radius 2 is 1.74 bits per heavy atom. The van der Waals surface area contributed by atoms with Crippen molar-refractivity contribution in [2.24, 2.45) is 0 Å². The SMILES string of the molecule is CC1=[N+](Cc2ccc([N+](=O)[O-])cc2)c2ccc(C)cc2C1(C)C. The highest BCUT2D eigenvalue weighted by atomic mass is 16.6. The van der Waals surface area contributed by atoms with Gasteiger partial charge in [0.05, 0.1) is 10.3 Å². The van der Waals surface area contributed by atoms with Gasteiger partial charge in [-0.15, -0.1) is 0 Å². The molecule has 4 nitrogen and oxygen atoms in total. The van der Waals surface area contributed by atoms with E-state index >= 15 is 0 Å². The van der Waals surface area contributed by atoms with Gasteiger partial charge in [-0.25, -0.2) is 0 Å². The van der Waals surface area contributed by atoms with Gasteiger partial charge < -0.3 is 0 Å². The van der Waals surface area contributed by atoms with Crippen molar-refractivity contribution in [3.63, 3.8) is 0 Å². The highest BCUT2D eigenvalue weighted by molar-refractivity contribution is 5.93. The molecule has 4 heteroatoms. The molecule has 1 heterocycles. The highest BCUT2D eigenvalue weighted by Crippen LogP contribution is 2.40. The second kappa shape index (κ2) is 5.30. The van der Waals surface area contributed by atoms with E-state index in [2.05, 4.69) is 50.5 Å². The Labute approximate surface area is 136 Å². The number of benzene rings is 2. The summed E-state index contributed by atoms with van der Waals surface area (Å²) in [5, 5.41) is 10.8. The predicted octanol–water partition coefficient (Wildman–Crippen LogP) is 4.50. The largest absolute Gasteiger partial charge is 0.269 e. The molecule has 0 unspecified atom stereocenters. The molecule has 2 aromatic carbocycles. The van der Waals surface area contributed by atoms with Gasteiger partial charge in [0.2, 0.25) is 5.69 Å². The normalized spacial score (nSPS) is 15.7. The molecule has 0 spiro atoms. The molecule has 0 bridgehead atoms. The van der Waals surface area contributed by atoms with Gasteiger partial charge >= 0.3 is 0 Å². The molecule has 1 aliphatic heterocycles. The van der Waals surface area contributed by atoms with E-state index in [4.69, 9.17) is 0 Å². The molecule has 0 N–H and O–H groups in total. The van der Waals surface area contributed by atoms with Crippen LogP contribution < -0.4 is 0 Å². The zero-order valence-corrected chi connectivity index (χ0v) is 14.0. The van der Waals surface area contributed by atoms with Crippen molar-refractivity contribution in [3.05, 3.63) is 69.3 Å². The van der Waals surface area contributed by atoms with Gasteiger partial charge in [-0.05, 0) is 39.0 Å². The Kier molecular flexibility index (Phi) is 3.55. The van der Waals surface area contributed by atoms with E-state index in [-0.39, 0.29) is 16.0 Å². The first-order valence-corrected chi connectivity index (χ1v) is 7.77. The number of aryl methyl sites for hydroxylation is 1. The molecule has 118 valence electrons. The first-order chi connectivity index (χ1) is 10.8. The summed E-state index contributed by atoms with van der Waals surface area (Å²) in [7, 11) is 0. The van der Waals surface area contributed by atoms with Crippen LogP contribution in [0.1, 0.15) is 37.5 Å². The van der Waals surface area contributed by atoms with Crippen LogP contribution in [-0.4, -0.2) is 15.2 Å². The third kappa shape index (κ3) is 2.54. The summed E-state index contributed by atoms with van der Waals surface area (Å²) < 4.78 is 2.32. The molecule has 0 radical (unpaired) electrons. The minimum absolute atomic E-state index is 0.00211. The Hall–Kier alpha value is -2.49. The van der Waals surface area contributed by atoms with Crippen molar-refractivity contribution < 1.29 is 9.50 Å². The van der Waals surface area contributed by atoms with Gasteiger partial charge in [0, 0.05) is 36.2 Å². The van der Waals surface area contributed by atoms with Gasteiger partial charge in [-0.1, -0.05) is 11.6 Å². The Morgan fingerprint density at radius 1 is 1.09 bits per heavy atom. The Bertz CT molecular complexity index is 818. The zero-order valence-electron chi connectivity index (χ0n) is 14.0. The number of hydrogen-bond acceptors (Lipinski definition) is 2. The molecule has 3 rings (SSSR count). The summed E-state index contributed by atoms with van der Waals surface area (Å²) >= 11 is 0. The monoisotopic (exact) mass is 309 g/mol. The second-order valence-corrected chi connectivity index (χ2v) is 6.74. The summed E-state index contributed by atoms with van der Waals surface area (Å²) in [6.45, 7) is 9.50. The Morgan fingerprint density at radius 3 is 2.35 bits per heavy atom. The molecule has 0 saturated heterocycles. The lowest BCUT2D eigenvalue weighted by Crippen LogP contribution is -2.26. The van der Waals surface area contributed by atoms with Crippen LogP contribution in [0, 0.1) is 17.0 Å². The van der Waals surface area contributed by atoms with Crippen LogP contribution in [0.15, 0.2) is 42.5 Å². The lowest BCUT2D eigenvalue weighted by atomic mass is 9.82. The minimum atomic E-state index is -0.363. The number of rotatable bonds is 3. The van der Waals surface area contributed by atoms with E-state index in [1.54, 1.807) is 12.1 Å². The van der Waals surface area contributed by atoms with Gasteiger partial charge in [-0.3, -0.25) is 10.1 Å².